The summed E-state index contributed by atoms with van der Waals surface area (Å²) in [7, 11) is 1.30. The van der Waals surface area contributed by atoms with Crippen LogP contribution in [-0.2, 0) is 11.2 Å². The number of benzene rings is 2. The van der Waals surface area contributed by atoms with Crippen molar-refractivity contribution in [1.29, 1.82) is 0 Å². The van der Waals surface area contributed by atoms with Crippen molar-refractivity contribution in [3.05, 3.63) is 89.6 Å². The predicted molar refractivity (Wildman–Crippen MR) is 109 cm³/mol. The number of aromatic nitrogens is 1. The van der Waals surface area contributed by atoms with Gasteiger partial charge in [-0.3, -0.25) is 4.79 Å². The first-order valence-corrected chi connectivity index (χ1v) is 8.90. The van der Waals surface area contributed by atoms with Crippen LogP contribution in [0.2, 0.25) is 0 Å². The van der Waals surface area contributed by atoms with Crippen molar-refractivity contribution in [2.45, 2.75) is 6.42 Å². The highest BCUT2D eigenvalue weighted by Crippen LogP contribution is 2.18. The number of pyridine rings is 1. The molecule has 142 valence electrons. The average molecular weight is 375 g/mol. The zero-order valence-electron chi connectivity index (χ0n) is 15.5. The highest BCUT2D eigenvalue weighted by molar-refractivity contribution is 6.08. The van der Waals surface area contributed by atoms with Gasteiger partial charge in [-0.15, -0.1) is 0 Å². The van der Waals surface area contributed by atoms with E-state index in [-0.39, 0.29) is 5.91 Å². The molecule has 2 aromatic carbocycles. The molecule has 6 heteroatoms. The van der Waals surface area contributed by atoms with Crippen molar-refractivity contribution in [2.75, 3.05) is 24.3 Å². The van der Waals surface area contributed by atoms with Gasteiger partial charge in [0.1, 0.15) is 5.82 Å². The molecule has 0 aliphatic heterocycles. The average Bonchev–Trinajstić information content (AvgIpc) is 2.74. The number of carbonyl (C=O) groups excluding carboxylic acids is 2. The monoisotopic (exact) mass is 375 g/mol. The van der Waals surface area contributed by atoms with E-state index >= 15 is 0 Å². The van der Waals surface area contributed by atoms with Crippen LogP contribution in [0, 0.1) is 0 Å². The third kappa shape index (κ3) is 4.94. The number of nitrogens with one attached hydrogen (secondary N) is 2. The molecule has 6 nitrogen and oxygen atoms in total. The van der Waals surface area contributed by atoms with Crippen molar-refractivity contribution in [3.63, 3.8) is 0 Å². The number of anilines is 2. The van der Waals surface area contributed by atoms with Crippen LogP contribution in [0.5, 0.6) is 0 Å². The van der Waals surface area contributed by atoms with Gasteiger partial charge >= 0.3 is 5.97 Å². The SMILES string of the molecule is COC(=O)c1ccccc1NC(=O)c1ccnc(NCCc2ccccc2)c1. The van der Waals surface area contributed by atoms with Gasteiger partial charge in [0.2, 0.25) is 0 Å². The van der Waals surface area contributed by atoms with E-state index in [1.807, 2.05) is 18.2 Å². The Bertz CT molecular complexity index is 958. The topological polar surface area (TPSA) is 80.3 Å². The molecule has 1 heterocycles. The van der Waals surface area contributed by atoms with Crippen LogP contribution in [0.1, 0.15) is 26.3 Å². The lowest BCUT2D eigenvalue weighted by Crippen LogP contribution is -2.16. The van der Waals surface area contributed by atoms with E-state index < -0.39 is 5.97 Å². The number of hydrogen-bond acceptors (Lipinski definition) is 5. The van der Waals surface area contributed by atoms with Gasteiger partial charge in [0, 0.05) is 18.3 Å². The van der Waals surface area contributed by atoms with Gasteiger partial charge in [-0.2, -0.15) is 0 Å². The lowest BCUT2D eigenvalue weighted by Gasteiger charge is -2.11. The Morgan fingerprint density at radius 3 is 2.54 bits per heavy atom. The molecule has 0 aliphatic rings. The van der Waals surface area contributed by atoms with E-state index in [2.05, 4.69) is 27.8 Å². The first kappa shape index (κ1) is 19.1. The summed E-state index contributed by atoms with van der Waals surface area (Å²) in [6, 6.07) is 20.1. The number of ether oxygens (including phenoxy) is 1. The first-order chi connectivity index (χ1) is 13.7. The van der Waals surface area contributed by atoms with Crippen LogP contribution in [0.3, 0.4) is 0 Å². The third-order valence-corrected chi connectivity index (χ3v) is 4.17. The third-order valence-electron chi connectivity index (χ3n) is 4.17. The van der Waals surface area contributed by atoms with Gasteiger partial charge < -0.3 is 15.4 Å². The molecule has 2 N–H and O–H groups in total. The molecule has 0 saturated carbocycles. The van der Waals surface area contributed by atoms with E-state index in [9.17, 15) is 9.59 Å². The van der Waals surface area contributed by atoms with Crippen LogP contribution in [0.4, 0.5) is 11.5 Å². The molecule has 0 fully saturated rings. The number of carbonyl (C=O) groups is 2. The fourth-order valence-corrected chi connectivity index (χ4v) is 2.72. The fourth-order valence-electron chi connectivity index (χ4n) is 2.72. The summed E-state index contributed by atoms with van der Waals surface area (Å²) in [5.41, 5.74) is 2.36. The van der Waals surface area contributed by atoms with Gasteiger partial charge in [0.05, 0.1) is 18.4 Å². The van der Waals surface area contributed by atoms with Crippen LogP contribution in [0.15, 0.2) is 72.9 Å². The van der Waals surface area contributed by atoms with E-state index in [0.717, 1.165) is 6.42 Å². The second-order valence-electron chi connectivity index (χ2n) is 6.08. The van der Waals surface area contributed by atoms with Crippen molar-refractivity contribution in [1.82, 2.24) is 4.98 Å². The standard InChI is InChI=1S/C22H21N3O3/c1-28-22(27)18-9-5-6-10-19(18)25-21(26)17-12-14-24-20(15-17)23-13-11-16-7-3-2-4-8-16/h2-10,12,14-15H,11,13H2,1H3,(H,23,24)(H,25,26). The van der Waals surface area contributed by atoms with Crippen LogP contribution in [0.25, 0.3) is 0 Å². The largest absolute Gasteiger partial charge is 0.465 e. The van der Waals surface area contributed by atoms with E-state index in [1.54, 1.807) is 42.6 Å². The van der Waals surface area contributed by atoms with Crippen molar-refractivity contribution in [3.8, 4) is 0 Å². The van der Waals surface area contributed by atoms with Gasteiger partial charge in [-0.25, -0.2) is 9.78 Å². The summed E-state index contributed by atoms with van der Waals surface area (Å²) in [4.78, 5) is 28.7. The second-order valence-corrected chi connectivity index (χ2v) is 6.08. The van der Waals surface area contributed by atoms with Gasteiger partial charge in [-0.1, -0.05) is 42.5 Å². The maximum absolute atomic E-state index is 12.6. The molecule has 1 aromatic heterocycles. The summed E-state index contributed by atoms with van der Waals surface area (Å²) in [6.45, 7) is 0.702. The smallest absolute Gasteiger partial charge is 0.339 e. The molecule has 1 amide bonds. The second kappa shape index (κ2) is 9.32. The number of para-hydroxylation sites is 1. The Morgan fingerprint density at radius 1 is 1.00 bits per heavy atom. The van der Waals surface area contributed by atoms with Gasteiger partial charge in [0.15, 0.2) is 0 Å². The maximum Gasteiger partial charge on any atom is 0.339 e. The number of nitrogens with zero attached hydrogens (tertiary/aromatic N) is 1. The minimum atomic E-state index is -0.506. The van der Waals surface area contributed by atoms with E-state index in [4.69, 9.17) is 4.74 Å². The number of hydrogen-bond donors (Lipinski definition) is 2. The van der Waals surface area contributed by atoms with Gasteiger partial charge in [0.25, 0.3) is 5.91 Å². The summed E-state index contributed by atoms with van der Waals surface area (Å²) < 4.78 is 4.75. The highest BCUT2D eigenvalue weighted by atomic mass is 16.5. The Kier molecular flexibility index (Phi) is 6.36. The van der Waals surface area contributed by atoms with Crippen LogP contribution in [-0.4, -0.2) is 30.5 Å². The summed E-state index contributed by atoms with van der Waals surface area (Å²) in [5, 5.41) is 5.98. The molecule has 0 bridgehead atoms. The molecule has 0 unspecified atom stereocenters. The quantitative estimate of drug-likeness (QED) is 0.615. The molecule has 3 aromatic rings. The van der Waals surface area contributed by atoms with Gasteiger partial charge in [-0.05, 0) is 36.2 Å². The number of esters is 1. The molecule has 3 rings (SSSR count). The molecular formula is C22H21N3O3. The van der Waals surface area contributed by atoms with Crippen molar-refractivity contribution < 1.29 is 14.3 Å². The summed E-state index contributed by atoms with van der Waals surface area (Å²) in [5.74, 6) is -0.219. The lowest BCUT2D eigenvalue weighted by molar-refractivity contribution is 0.0602. The Morgan fingerprint density at radius 2 is 1.75 bits per heavy atom. The Labute approximate surface area is 163 Å². The molecule has 0 atom stereocenters. The minimum Gasteiger partial charge on any atom is -0.465 e. The van der Waals surface area contributed by atoms with E-state index in [1.165, 1.54) is 12.7 Å². The molecular weight excluding hydrogens is 354 g/mol. The zero-order valence-corrected chi connectivity index (χ0v) is 15.5. The number of amides is 1. The summed E-state index contributed by atoms with van der Waals surface area (Å²) in [6.07, 6.45) is 2.43. The molecule has 0 radical (unpaired) electrons. The minimum absolute atomic E-state index is 0.300. The van der Waals surface area contributed by atoms with Crippen LogP contribution >= 0.6 is 0 Å². The first-order valence-electron chi connectivity index (χ1n) is 8.90. The number of rotatable bonds is 7. The Hall–Kier alpha value is -3.67. The molecule has 0 saturated heterocycles. The predicted octanol–water partition coefficient (Wildman–Crippen LogP) is 3.78. The summed E-state index contributed by atoms with van der Waals surface area (Å²) >= 11 is 0. The van der Waals surface area contributed by atoms with Crippen LogP contribution < -0.4 is 10.6 Å². The van der Waals surface area contributed by atoms with Crippen molar-refractivity contribution >= 4 is 23.4 Å². The highest BCUT2D eigenvalue weighted by Gasteiger charge is 2.14. The molecule has 0 aliphatic carbocycles. The fraction of sp³-hybridized carbons (Fsp3) is 0.136. The Balaban J connectivity index is 1.65. The maximum atomic E-state index is 12.6. The normalized spacial score (nSPS) is 10.2. The molecule has 0 spiro atoms. The number of methoxy groups -OCH3 is 1. The van der Waals surface area contributed by atoms with Crippen molar-refractivity contribution in [2.24, 2.45) is 0 Å². The zero-order chi connectivity index (χ0) is 19.8. The van der Waals surface area contributed by atoms with E-state index in [0.29, 0.717) is 29.2 Å². The lowest BCUT2D eigenvalue weighted by atomic mass is 10.1. The molecule has 28 heavy (non-hydrogen) atoms.